The van der Waals surface area contributed by atoms with Gasteiger partial charge in [-0.3, -0.25) is 9.78 Å². The van der Waals surface area contributed by atoms with E-state index in [0.29, 0.717) is 22.2 Å². The van der Waals surface area contributed by atoms with E-state index in [2.05, 4.69) is 10.3 Å². The van der Waals surface area contributed by atoms with Gasteiger partial charge in [-0.15, -0.1) is 0 Å². The van der Waals surface area contributed by atoms with Crippen LogP contribution in [0.1, 0.15) is 34.5 Å². The molecule has 1 atom stereocenters. The molecule has 1 heterocycles. The summed E-state index contributed by atoms with van der Waals surface area (Å²) in [5, 5.41) is 3.75. The van der Waals surface area contributed by atoms with Gasteiger partial charge in [-0.05, 0) is 48.9 Å². The van der Waals surface area contributed by atoms with E-state index in [4.69, 9.17) is 27.9 Å². The Morgan fingerprint density at radius 3 is 2.59 bits per heavy atom. The first kappa shape index (κ1) is 19.2. The summed E-state index contributed by atoms with van der Waals surface area (Å²) in [6.07, 6.45) is 3.50. The Labute approximate surface area is 168 Å². The van der Waals surface area contributed by atoms with Crippen molar-refractivity contribution in [3.8, 4) is 5.75 Å². The highest BCUT2D eigenvalue weighted by atomic mass is 35.5. The second-order valence-electron chi connectivity index (χ2n) is 6.04. The summed E-state index contributed by atoms with van der Waals surface area (Å²) in [4.78, 5) is 16.5. The minimum atomic E-state index is -0.249. The summed E-state index contributed by atoms with van der Waals surface area (Å²) in [6.45, 7) is 2.36. The van der Waals surface area contributed by atoms with Crippen LogP contribution in [-0.2, 0) is 6.61 Å². The smallest absolute Gasteiger partial charge is 0.253 e. The van der Waals surface area contributed by atoms with Gasteiger partial charge in [0, 0.05) is 23.0 Å². The Kier molecular flexibility index (Phi) is 6.32. The number of benzene rings is 2. The summed E-state index contributed by atoms with van der Waals surface area (Å²) >= 11 is 12.0. The Hall–Kier alpha value is -2.56. The van der Waals surface area contributed by atoms with Crippen molar-refractivity contribution >= 4 is 29.1 Å². The second kappa shape index (κ2) is 8.89. The molecule has 0 fully saturated rings. The maximum atomic E-state index is 12.4. The molecule has 0 aliphatic heterocycles. The Morgan fingerprint density at radius 1 is 1.15 bits per heavy atom. The molecule has 0 saturated carbocycles. The molecule has 1 amide bonds. The van der Waals surface area contributed by atoms with Crippen molar-refractivity contribution in [2.75, 3.05) is 0 Å². The number of nitrogens with zero attached hydrogens (tertiary/aromatic N) is 1. The van der Waals surface area contributed by atoms with Crippen LogP contribution in [0.2, 0.25) is 10.0 Å². The molecule has 2 aromatic carbocycles. The molecule has 27 heavy (non-hydrogen) atoms. The van der Waals surface area contributed by atoms with E-state index in [-0.39, 0.29) is 11.9 Å². The number of amides is 1. The molecule has 0 radical (unpaired) electrons. The maximum absolute atomic E-state index is 12.4. The molecule has 3 rings (SSSR count). The molecule has 4 nitrogen and oxygen atoms in total. The lowest BCUT2D eigenvalue weighted by molar-refractivity contribution is 0.0940. The number of carbonyl (C=O) groups is 1. The van der Waals surface area contributed by atoms with Gasteiger partial charge in [0.05, 0.1) is 16.6 Å². The van der Waals surface area contributed by atoms with Crippen molar-refractivity contribution in [1.82, 2.24) is 10.3 Å². The van der Waals surface area contributed by atoms with E-state index >= 15 is 0 Å². The van der Waals surface area contributed by atoms with Gasteiger partial charge in [-0.25, -0.2) is 0 Å². The first-order valence-corrected chi connectivity index (χ1v) is 9.16. The molecular weight excluding hydrogens is 383 g/mol. The highest BCUT2D eigenvalue weighted by molar-refractivity contribution is 6.36. The predicted octanol–water partition coefficient (Wildman–Crippen LogP) is 5.46. The van der Waals surface area contributed by atoms with Crippen LogP contribution in [0.4, 0.5) is 0 Å². The Bertz CT molecular complexity index is 915. The van der Waals surface area contributed by atoms with E-state index in [9.17, 15) is 4.79 Å². The van der Waals surface area contributed by atoms with Crippen LogP contribution in [-0.4, -0.2) is 10.9 Å². The van der Waals surface area contributed by atoms with Crippen LogP contribution in [0.3, 0.4) is 0 Å². The number of hydrogen-bond acceptors (Lipinski definition) is 3. The molecule has 0 spiro atoms. The number of pyridine rings is 1. The molecule has 0 bridgehead atoms. The third-order valence-corrected chi connectivity index (χ3v) is 4.58. The van der Waals surface area contributed by atoms with Crippen molar-refractivity contribution < 1.29 is 9.53 Å². The van der Waals surface area contributed by atoms with Crippen molar-refractivity contribution in [1.29, 1.82) is 0 Å². The molecule has 0 aliphatic carbocycles. The van der Waals surface area contributed by atoms with Gasteiger partial charge in [0.2, 0.25) is 0 Å². The Morgan fingerprint density at radius 2 is 1.93 bits per heavy atom. The SMILES string of the molecule is CC(NC(=O)c1ccc(Cl)cc1Cl)c1ccc(OCc2cccnc2)cc1. The molecule has 0 saturated heterocycles. The van der Waals surface area contributed by atoms with Gasteiger partial charge in [0.15, 0.2) is 0 Å². The molecule has 1 aromatic heterocycles. The fraction of sp³-hybridized carbons (Fsp3) is 0.143. The number of hydrogen-bond donors (Lipinski definition) is 1. The van der Waals surface area contributed by atoms with Crippen molar-refractivity contribution in [2.24, 2.45) is 0 Å². The van der Waals surface area contributed by atoms with E-state index in [1.807, 2.05) is 43.3 Å². The molecule has 0 aliphatic rings. The minimum Gasteiger partial charge on any atom is -0.489 e. The average Bonchev–Trinajstić information content (AvgIpc) is 2.67. The average molecular weight is 401 g/mol. The van der Waals surface area contributed by atoms with E-state index in [0.717, 1.165) is 16.9 Å². The summed E-state index contributed by atoms with van der Waals surface area (Å²) < 4.78 is 5.75. The van der Waals surface area contributed by atoms with E-state index in [1.165, 1.54) is 0 Å². The zero-order valence-electron chi connectivity index (χ0n) is 14.7. The molecule has 138 valence electrons. The number of nitrogens with one attached hydrogen (secondary N) is 1. The van der Waals surface area contributed by atoms with Crippen LogP contribution in [0.25, 0.3) is 0 Å². The quantitative estimate of drug-likeness (QED) is 0.597. The fourth-order valence-corrected chi connectivity index (χ4v) is 3.03. The summed E-state index contributed by atoms with van der Waals surface area (Å²) in [7, 11) is 0. The van der Waals surface area contributed by atoms with Gasteiger partial charge in [0.1, 0.15) is 12.4 Å². The number of ether oxygens (including phenoxy) is 1. The first-order chi connectivity index (χ1) is 13.0. The predicted molar refractivity (Wildman–Crippen MR) is 107 cm³/mol. The highest BCUT2D eigenvalue weighted by Gasteiger charge is 2.14. The number of carbonyl (C=O) groups excluding carboxylic acids is 1. The normalized spacial score (nSPS) is 11.7. The summed E-state index contributed by atoms with van der Waals surface area (Å²) in [6, 6.07) is 16.1. The summed E-state index contributed by atoms with van der Waals surface area (Å²) in [5.74, 6) is 0.503. The molecule has 1 unspecified atom stereocenters. The largest absolute Gasteiger partial charge is 0.489 e. The zero-order chi connectivity index (χ0) is 19.2. The van der Waals surface area contributed by atoms with Crippen LogP contribution in [0.15, 0.2) is 67.0 Å². The van der Waals surface area contributed by atoms with Gasteiger partial charge in [0.25, 0.3) is 5.91 Å². The lowest BCUT2D eigenvalue weighted by Crippen LogP contribution is -2.26. The van der Waals surface area contributed by atoms with Gasteiger partial charge in [-0.1, -0.05) is 41.4 Å². The van der Waals surface area contributed by atoms with Crippen molar-refractivity contribution in [2.45, 2.75) is 19.6 Å². The summed E-state index contributed by atoms with van der Waals surface area (Å²) in [5.41, 5.74) is 2.36. The van der Waals surface area contributed by atoms with E-state index < -0.39 is 0 Å². The van der Waals surface area contributed by atoms with Gasteiger partial charge < -0.3 is 10.1 Å². The lowest BCUT2D eigenvalue weighted by Gasteiger charge is -2.16. The van der Waals surface area contributed by atoms with Gasteiger partial charge >= 0.3 is 0 Å². The number of rotatable bonds is 6. The van der Waals surface area contributed by atoms with Gasteiger partial charge in [-0.2, -0.15) is 0 Å². The lowest BCUT2D eigenvalue weighted by atomic mass is 10.1. The Balaban J connectivity index is 1.60. The van der Waals surface area contributed by atoms with Crippen LogP contribution in [0, 0.1) is 0 Å². The van der Waals surface area contributed by atoms with Crippen molar-refractivity contribution in [3.05, 3.63) is 93.7 Å². The molecule has 6 heteroatoms. The standard InChI is InChI=1S/C21H18Cl2N2O2/c1-14(25-21(26)19-9-6-17(22)11-20(19)23)16-4-7-18(8-5-16)27-13-15-3-2-10-24-12-15/h2-12,14H,13H2,1H3,(H,25,26). The maximum Gasteiger partial charge on any atom is 0.253 e. The third kappa shape index (κ3) is 5.22. The fourth-order valence-electron chi connectivity index (χ4n) is 2.53. The second-order valence-corrected chi connectivity index (χ2v) is 6.88. The van der Waals surface area contributed by atoms with Crippen LogP contribution in [0.5, 0.6) is 5.75 Å². The number of aromatic nitrogens is 1. The van der Waals surface area contributed by atoms with E-state index in [1.54, 1.807) is 30.6 Å². The molecule has 1 N–H and O–H groups in total. The third-order valence-electron chi connectivity index (χ3n) is 4.03. The first-order valence-electron chi connectivity index (χ1n) is 8.40. The van der Waals surface area contributed by atoms with Crippen LogP contribution >= 0.6 is 23.2 Å². The topological polar surface area (TPSA) is 51.2 Å². The van der Waals surface area contributed by atoms with Crippen LogP contribution < -0.4 is 10.1 Å². The molecular formula is C21H18Cl2N2O2. The minimum absolute atomic E-state index is 0.184. The number of halogens is 2. The monoisotopic (exact) mass is 400 g/mol. The van der Waals surface area contributed by atoms with Crippen molar-refractivity contribution in [3.63, 3.8) is 0 Å². The molecule has 3 aromatic rings. The zero-order valence-corrected chi connectivity index (χ0v) is 16.2. The highest BCUT2D eigenvalue weighted by Crippen LogP contribution is 2.23.